The van der Waals surface area contributed by atoms with E-state index in [0.29, 0.717) is 5.69 Å². The highest BCUT2D eigenvalue weighted by Crippen LogP contribution is 2.09. The Balaban J connectivity index is 2.67. The van der Waals surface area contributed by atoms with E-state index in [1.54, 1.807) is 30.3 Å². The molecule has 1 rings (SSSR count). The summed E-state index contributed by atoms with van der Waals surface area (Å²) in [5.74, 6) is -1.03. The summed E-state index contributed by atoms with van der Waals surface area (Å²) in [5, 5.41) is 10.0. The number of rotatable bonds is 5. The fraction of sp³-hybridized carbons (Fsp3) is 0.200. The van der Waals surface area contributed by atoms with Crippen molar-refractivity contribution in [2.75, 3.05) is 18.7 Å². The first-order valence-corrected chi connectivity index (χ1v) is 4.77. The molecule has 17 heavy (non-hydrogen) atoms. The number of nitrogens with one attached hydrogen (secondary N) is 2. The molecule has 3 N–H and O–H groups in total. The second-order valence-electron chi connectivity index (χ2n) is 3.04. The summed E-state index contributed by atoms with van der Waals surface area (Å²) in [6.07, 6.45) is -0.712. The van der Waals surface area contributed by atoms with Gasteiger partial charge >= 0.3 is 12.1 Å². The van der Waals surface area contributed by atoms with Gasteiger partial charge in [0.05, 0.1) is 12.8 Å². The molecule has 0 aliphatic rings. The van der Waals surface area contributed by atoms with Gasteiger partial charge in [-0.15, -0.1) is 5.53 Å². The SMILES string of the molecule is COC(=O)NNN(CC(=O)O)c1ccccc1. The van der Waals surface area contributed by atoms with Crippen LogP contribution in [0.4, 0.5) is 10.5 Å². The maximum Gasteiger partial charge on any atom is 0.422 e. The molecule has 92 valence electrons. The maximum absolute atomic E-state index is 10.9. The van der Waals surface area contributed by atoms with Gasteiger partial charge in [0.2, 0.25) is 0 Å². The summed E-state index contributed by atoms with van der Waals surface area (Å²) in [5.41, 5.74) is 5.24. The summed E-state index contributed by atoms with van der Waals surface area (Å²) in [6.45, 7) is -0.312. The predicted octanol–water partition coefficient (Wildman–Crippen LogP) is 0.353. The van der Waals surface area contributed by atoms with Crippen LogP contribution in [0.5, 0.6) is 0 Å². The molecule has 0 fully saturated rings. The first-order valence-electron chi connectivity index (χ1n) is 4.77. The molecule has 0 aliphatic carbocycles. The van der Waals surface area contributed by atoms with Crippen LogP contribution in [0, 0.1) is 0 Å². The summed E-state index contributed by atoms with van der Waals surface area (Å²) in [7, 11) is 1.21. The van der Waals surface area contributed by atoms with Crippen LogP contribution < -0.4 is 16.0 Å². The van der Waals surface area contributed by atoms with E-state index >= 15 is 0 Å². The third-order valence-corrected chi connectivity index (χ3v) is 1.84. The number of hydrogen-bond donors (Lipinski definition) is 3. The van der Waals surface area contributed by atoms with Crippen molar-refractivity contribution in [3.8, 4) is 0 Å². The fourth-order valence-corrected chi connectivity index (χ4v) is 1.10. The monoisotopic (exact) mass is 239 g/mol. The second-order valence-corrected chi connectivity index (χ2v) is 3.04. The first-order chi connectivity index (χ1) is 8.13. The number of hydrogen-bond acceptors (Lipinski definition) is 5. The van der Waals surface area contributed by atoms with E-state index in [2.05, 4.69) is 15.7 Å². The molecular weight excluding hydrogens is 226 g/mol. The molecule has 0 aromatic heterocycles. The van der Waals surface area contributed by atoms with E-state index < -0.39 is 12.1 Å². The lowest BCUT2D eigenvalue weighted by molar-refractivity contribution is -0.135. The molecule has 0 atom stereocenters. The number of hydrazine groups is 2. The molecule has 1 aromatic carbocycles. The number of methoxy groups -OCH3 is 1. The normalized spacial score (nSPS) is 9.47. The lowest BCUT2D eigenvalue weighted by Gasteiger charge is -2.23. The highest BCUT2D eigenvalue weighted by Gasteiger charge is 2.11. The Hall–Kier alpha value is -2.28. The van der Waals surface area contributed by atoms with Gasteiger partial charge in [0.1, 0.15) is 6.54 Å². The molecule has 1 amide bonds. The van der Waals surface area contributed by atoms with Crippen molar-refractivity contribution >= 4 is 17.7 Å². The number of para-hydroxylation sites is 1. The average Bonchev–Trinajstić information content (AvgIpc) is 2.34. The number of carbonyl (C=O) groups is 2. The van der Waals surface area contributed by atoms with E-state index in [1.807, 2.05) is 0 Å². The Morgan fingerprint density at radius 3 is 2.53 bits per heavy atom. The van der Waals surface area contributed by atoms with Crippen LogP contribution in [0.25, 0.3) is 0 Å². The maximum atomic E-state index is 10.9. The van der Waals surface area contributed by atoms with Gasteiger partial charge in [-0.1, -0.05) is 18.2 Å². The lowest BCUT2D eigenvalue weighted by Crippen LogP contribution is -2.51. The minimum absolute atomic E-state index is 0.312. The van der Waals surface area contributed by atoms with Crippen molar-refractivity contribution in [3.63, 3.8) is 0 Å². The summed E-state index contributed by atoms with van der Waals surface area (Å²) >= 11 is 0. The van der Waals surface area contributed by atoms with Gasteiger partial charge in [-0.05, 0) is 12.1 Å². The number of carboxylic acid groups (broad SMARTS) is 1. The van der Waals surface area contributed by atoms with Crippen molar-refractivity contribution in [2.45, 2.75) is 0 Å². The fourth-order valence-electron chi connectivity index (χ4n) is 1.10. The summed E-state index contributed by atoms with van der Waals surface area (Å²) in [4.78, 5) is 21.5. The molecule has 1 aromatic rings. The van der Waals surface area contributed by atoms with Crippen molar-refractivity contribution in [3.05, 3.63) is 30.3 Å². The van der Waals surface area contributed by atoms with Gasteiger partial charge in [-0.2, -0.15) is 0 Å². The molecule has 0 spiro atoms. The molecule has 0 saturated heterocycles. The number of amides is 1. The highest BCUT2D eigenvalue weighted by atomic mass is 16.5. The van der Waals surface area contributed by atoms with Crippen LogP contribution >= 0.6 is 0 Å². The van der Waals surface area contributed by atoms with E-state index in [1.165, 1.54) is 12.1 Å². The third-order valence-electron chi connectivity index (χ3n) is 1.84. The average molecular weight is 239 g/mol. The Morgan fingerprint density at radius 2 is 2.00 bits per heavy atom. The van der Waals surface area contributed by atoms with Gasteiger partial charge in [0.25, 0.3) is 0 Å². The van der Waals surface area contributed by atoms with E-state index in [0.717, 1.165) is 0 Å². The van der Waals surface area contributed by atoms with Crippen LogP contribution in [0.15, 0.2) is 30.3 Å². The van der Waals surface area contributed by atoms with E-state index in [4.69, 9.17) is 5.11 Å². The molecule has 0 saturated carbocycles. The Labute approximate surface area is 97.9 Å². The Morgan fingerprint density at radius 1 is 1.35 bits per heavy atom. The summed E-state index contributed by atoms with van der Waals surface area (Å²) < 4.78 is 4.35. The van der Waals surface area contributed by atoms with Gasteiger partial charge in [-0.25, -0.2) is 10.2 Å². The highest BCUT2D eigenvalue weighted by molar-refractivity contribution is 5.73. The molecule has 0 heterocycles. The lowest BCUT2D eigenvalue weighted by atomic mass is 10.3. The largest absolute Gasteiger partial charge is 0.480 e. The van der Waals surface area contributed by atoms with Crippen LogP contribution in [0.3, 0.4) is 0 Å². The molecule has 0 aliphatic heterocycles. The molecular formula is C10H13N3O4. The summed E-state index contributed by atoms with van der Waals surface area (Å²) in [6, 6.07) is 8.72. The predicted molar refractivity (Wildman–Crippen MR) is 60.1 cm³/mol. The van der Waals surface area contributed by atoms with Crippen LogP contribution in [0.1, 0.15) is 0 Å². The topological polar surface area (TPSA) is 90.9 Å². The molecule has 7 nitrogen and oxygen atoms in total. The van der Waals surface area contributed by atoms with E-state index in [9.17, 15) is 9.59 Å². The number of carboxylic acids is 1. The number of ether oxygens (including phenoxy) is 1. The zero-order valence-electron chi connectivity index (χ0n) is 9.21. The second kappa shape index (κ2) is 6.33. The van der Waals surface area contributed by atoms with Gasteiger partial charge < -0.3 is 9.84 Å². The first kappa shape index (κ1) is 12.8. The number of anilines is 1. The molecule has 0 bridgehead atoms. The number of aliphatic carboxylic acids is 1. The van der Waals surface area contributed by atoms with E-state index in [-0.39, 0.29) is 6.54 Å². The van der Waals surface area contributed by atoms with Crippen LogP contribution in [0.2, 0.25) is 0 Å². The van der Waals surface area contributed by atoms with Gasteiger partial charge in [-0.3, -0.25) is 9.80 Å². The number of nitrogens with zero attached hydrogens (tertiary/aromatic N) is 1. The standard InChI is InChI=1S/C10H13N3O4/c1-17-10(16)11-12-13(7-9(14)15)8-5-3-2-4-6-8/h2-6,12H,7H2,1H3,(H,11,16)(H,14,15). The Kier molecular flexibility index (Phi) is 4.77. The van der Waals surface area contributed by atoms with Crippen LogP contribution in [-0.4, -0.2) is 30.8 Å². The quantitative estimate of drug-likeness (QED) is 0.642. The smallest absolute Gasteiger partial charge is 0.422 e. The Bertz CT molecular complexity index is 382. The minimum Gasteiger partial charge on any atom is -0.480 e. The van der Waals surface area contributed by atoms with Crippen molar-refractivity contribution in [2.24, 2.45) is 0 Å². The number of carbonyl (C=O) groups excluding carboxylic acids is 1. The molecule has 7 heteroatoms. The van der Waals surface area contributed by atoms with Crippen molar-refractivity contribution in [1.29, 1.82) is 0 Å². The van der Waals surface area contributed by atoms with Crippen molar-refractivity contribution in [1.82, 2.24) is 11.0 Å². The van der Waals surface area contributed by atoms with Gasteiger partial charge in [0, 0.05) is 0 Å². The van der Waals surface area contributed by atoms with Crippen LogP contribution in [-0.2, 0) is 9.53 Å². The van der Waals surface area contributed by atoms with Gasteiger partial charge in [0.15, 0.2) is 0 Å². The zero-order valence-corrected chi connectivity index (χ0v) is 9.21. The van der Waals surface area contributed by atoms with Crippen molar-refractivity contribution < 1.29 is 19.4 Å². The third kappa shape index (κ3) is 4.39. The zero-order chi connectivity index (χ0) is 12.7. The number of benzene rings is 1. The molecule has 0 unspecified atom stereocenters. The minimum atomic E-state index is -1.03. The molecule has 0 radical (unpaired) electrons.